The zero-order chi connectivity index (χ0) is 23.9. The number of rotatable bonds is 5. The highest BCUT2D eigenvalue weighted by molar-refractivity contribution is 6.00. The van der Waals surface area contributed by atoms with Gasteiger partial charge in [-0.2, -0.15) is 4.98 Å². The van der Waals surface area contributed by atoms with E-state index in [2.05, 4.69) is 27.2 Å². The second kappa shape index (κ2) is 8.83. The average Bonchev–Trinajstić information content (AvgIpc) is 3.49. The van der Waals surface area contributed by atoms with Crippen molar-refractivity contribution >= 4 is 23.2 Å². The quantitative estimate of drug-likeness (QED) is 0.565. The summed E-state index contributed by atoms with van der Waals surface area (Å²) in [6.45, 7) is 5.33. The number of carbonyl (C=O) groups excluding carboxylic acids is 2. The lowest BCUT2D eigenvalue weighted by Gasteiger charge is -2.37. The van der Waals surface area contributed by atoms with E-state index in [4.69, 9.17) is 4.52 Å². The van der Waals surface area contributed by atoms with Crippen molar-refractivity contribution in [1.82, 2.24) is 15.0 Å². The first kappa shape index (κ1) is 21.8. The maximum absolute atomic E-state index is 13.2. The smallest absolute Gasteiger partial charge is 0.230 e. The van der Waals surface area contributed by atoms with E-state index in [0.717, 1.165) is 54.3 Å². The van der Waals surface area contributed by atoms with Crippen LogP contribution in [0, 0.1) is 12.8 Å². The molecular weight excluding hydrogens is 442 g/mol. The van der Waals surface area contributed by atoms with E-state index in [1.54, 1.807) is 4.90 Å². The molecule has 8 nitrogen and oxygen atoms in total. The minimum Gasteiger partial charge on any atom is -0.368 e. The standard InChI is InChI=1S/C27H29N5O3/c1-18-2-8-23(9-3-18)32-17-21(16-24(32)33)27(34)31-14-12-30(13-15-31)22-10-6-19(7-11-22)25-28-26(35-29-25)20-4-5-20/h2-3,6-11,20-21H,4-5,12-17H2,1H3/t21-/m0/s1. The van der Waals surface area contributed by atoms with Crippen molar-refractivity contribution in [3.63, 3.8) is 0 Å². The molecular formula is C27H29N5O3. The van der Waals surface area contributed by atoms with E-state index in [-0.39, 0.29) is 24.2 Å². The lowest BCUT2D eigenvalue weighted by Crippen LogP contribution is -2.50. The fraction of sp³-hybridized carbons (Fsp3) is 0.407. The molecule has 3 heterocycles. The summed E-state index contributed by atoms with van der Waals surface area (Å²) >= 11 is 0. The minimum absolute atomic E-state index is 0.0248. The van der Waals surface area contributed by atoms with Gasteiger partial charge in [0.15, 0.2) is 0 Å². The van der Waals surface area contributed by atoms with Crippen LogP contribution in [0.4, 0.5) is 11.4 Å². The number of hydrogen-bond donors (Lipinski definition) is 0. The number of nitrogens with zero attached hydrogens (tertiary/aromatic N) is 5. The van der Waals surface area contributed by atoms with Gasteiger partial charge < -0.3 is 19.2 Å². The van der Waals surface area contributed by atoms with Gasteiger partial charge in [0.25, 0.3) is 0 Å². The molecule has 2 amide bonds. The molecule has 3 aromatic rings. The Hall–Kier alpha value is -3.68. The zero-order valence-electron chi connectivity index (χ0n) is 19.9. The van der Waals surface area contributed by atoms with Crippen LogP contribution in [0.1, 0.15) is 36.6 Å². The molecule has 0 bridgehead atoms. The molecule has 6 rings (SSSR count). The Morgan fingerprint density at radius 3 is 2.31 bits per heavy atom. The molecule has 8 heteroatoms. The molecule has 2 aromatic carbocycles. The Morgan fingerprint density at radius 1 is 0.943 bits per heavy atom. The van der Waals surface area contributed by atoms with Crippen LogP contribution >= 0.6 is 0 Å². The van der Waals surface area contributed by atoms with Gasteiger partial charge in [0, 0.05) is 62.0 Å². The molecule has 0 radical (unpaired) electrons. The van der Waals surface area contributed by atoms with E-state index in [9.17, 15) is 9.59 Å². The second-order valence-electron chi connectivity index (χ2n) is 9.83. The van der Waals surface area contributed by atoms with Gasteiger partial charge >= 0.3 is 0 Å². The highest BCUT2D eigenvalue weighted by Crippen LogP contribution is 2.39. The summed E-state index contributed by atoms with van der Waals surface area (Å²) in [7, 11) is 0. The number of carbonyl (C=O) groups is 2. The van der Waals surface area contributed by atoms with Crippen molar-refractivity contribution in [3.05, 3.63) is 60.0 Å². The van der Waals surface area contributed by atoms with E-state index in [1.807, 2.05) is 48.2 Å². The van der Waals surface area contributed by atoms with Crippen molar-refractivity contribution in [2.75, 3.05) is 42.5 Å². The summed E-state index contributed by atoms with van der Waals surface area (Å²) in [6, 6.07) is 16.1. The van der Waals surface area contributed by atoms with Gasteiger partial charge in [-0.25, -0.2) is 0 Å². The lowest BCUT2D eigenvalue weighted by molar-refractivity contribution is -0.136. The predicted molar refractivity (Wildman–Crippen MR) is 132 cm³/mol. The van der Waals surface area contributed by atoms with E-state index < -0.39 is 0 Å². The number of hydrogen-bond acceptors (Lipinski definition) is 6. The molecule has 3 fully saturated rings. The Morgan fingerprint density at radius 2 is 1.63 bits per heavy atom. The summed E-state index contributed by atoms with van der Waals surface area (Å²) < 4.78 is 5.38. The van der Waals surface area contributed by atoms with Gasteiger partial charge in [-0.15, -0.1) is 0 Å². The molecule has 2 aliphatic heterocycles. The molecule has 1 aliphatic carbocycles. The number of aromatic nitrogens is 2. The van der Waals surface area contributed by atoms with Crippen molar-refractivity contribution < 1.29 is 14.1 Å². The summed E-state index contributed by atoms with van der Waals surface area (Å²) in [6.07, 6.45) is 2.56. The van der Waals surface area contributed by atoms with Crippen LogP contribution in [-0.2, 0) is 9.59 Å². The van der Waals surface area contributed by atoms with Gasteiger partial charge in [-0.1, -0.05) is 22.9 Å². The van der Waals surface area contributed by atoms with Crippen LogP contribution in [0.15, 0.2) is 53.1 Å². The van der Waals surface area contributed by atoms with Crippen LogP contribution in [0.3, 0.4) is 0 Å². The van der Waals surface area contributed by atoms with Gasteiger partial charge in [0.05, 0.1) is 5.92 Å². The molecule has 0 spiro atoms. The third-order valence-electron chi connectivity index (χ3n) is 7.27. The average molecular weight is 472 g/mol. The highest BCUT2D eigenvalue weighted by Gasteiger charge is 2.38. The number of piperazine rings is 1. The Labute approximate surface area is 204 Å². The van der Waals surface area contributed by atoms with E-state index >= 15 is 0 Å². The van der Waals surface area contributed by atoms with Crippen LogP contribution in [0.2, 0.25) is 0 Å². The maximum Gasteiger partial charge on any atom is 0.230 e. The van der Waals surface area contributed by atoms with Crippen LogP contribution < -0.4 is 9.80 Å². The van der Waals surface area contributed by atoms with E-state index in [1.165, 1.54) is 0 Å². The molecule has 1 saturated carbocycles. The van der Waals surface area contributed by atoms with Crippen molar-refractivity contribution in [2.24, 2.45) is 5.92 Å². The van der Waals surface area contributed by atoms with Crippen molar-refractivity contribution in [2.45, 2.75) is 32.1 Å². The zero-order valence-corrected chi connectivity index (χ0v) is 19.9. The molecule has 2 saturated heterocycles. The summed E-state index contributed by atoms with van der Waals surface area (Å²) in [5.74, 6) is 1.67. The third kappa shape index (κ3) is 4.40. The molecule has 0 unspecified atom stereocenters. The van der Waals surface area contributed by atoms with Crippen molar-refractivity contribution in [3.8, 4) is 11.4 Å². The van der Waals surface area contributed by atoms with Crippen LogP contribution in [0.25, 0.3) is 11.4 Å². The van der Waals surface area contributed by atoms with E-state index in [0.29, 0.717) is 31.4 Å². The van der Waals surface area contributed by atoms with Gasteiger partial charge in [0.2, 0.25) is 23.5 Å². The number of amides is 2. The molecule has 1 aromatic heterocycles. The summed E-state index contributed by atoms with van der Waals surface area (Å²) in [5, 5.41) is 4.12. The Bertz CT molecular complexity index is 1220. The topological polar surface area (TPSA) is 82.8 Å². The summed E-state index contributed by atoms with van der Waals surface area (Å²) in [5.41, 5.74) is 4.09. The predicted octanol–water partition coefficient (Wildman–Crippen LogP) is 3.62. The molecule has 35 heavy (non-hydrogen) atoms. The first-order chi connectivity index (χ1) is 17.0. The molecule has 180 valence electrons. The van der Waals surface area contributed by atoms with Crippen molar-refractivity contribution in [1.29, 1.82) is 0 Å². The Kier molecular flexibility index (Phi) is 5.51. The number of anilines is 2. The fourth-order valence-corrected chi connectivity index (χ4v) is 4.96. The number of benzene rings is 2. The molecule has 0 N–H and O–H groups in total. The van der Waals surface area contributed by atoms with Crippen LogP contribution in [0.5, 0.6) is 0 Å². The Balaban J connectivity index is 1.04. The monoisotopic (exact) mass is 471 g/mol. The molecule has 3 aliphatic rings. The lowest BCUT2D eigenvalue weighted by atomic mass is 10.1. The highest BCUT2D eigenvalue weighted by atomic mass is 16.5. The summed E-state index contributed by atoms with van der Waals surface area (Å²) in [4.78, 5) is 36.3. The van der Waals surface area contributed by atoms with Gasteiger partial charge in [0.1, 0.15) is 0 Å². The second-order valence-corrected chi connectivity index (χ2v) is 9.83. The normalized spacial score (nSPS) is 20.5. The maximum atomic E-state index is 13.2. The first-order valence-corrected chi connectivity index (χ1v) is 12.4. The largest absolute Gasteiger partial charge is 0.368 e. The van der Waals surface area contributed by atoms with Gasteiger partial charge in [-0.05, 0) is 56.2 Å². The fourth-order valence-electron chi connectivity index (χ4n) is 4.96. The van der Waals surface area contributed by atoms with Gasteiger partial charge in [-0.3, -0.25) is 9.59 Å². The molecule has 1 atom stereocenters. The SMILES string of the molecule is Cc1ccc(N2C[C@@H](C(=O)N3CCN(c4ccc(-c5noc(C6CC6)n5)cc4)CC3)CC2=O)cc1. The number of aryl methyl sites for hydroxylation is 1. The minimum atomic E-state index is -0.273. The van der Waals surface area contributed by atoms with Crippen LogP contribution in [-0.4, -0.2) is 59.6 Å². The first-order valence-electron chi connectivity index (χ1n) is 12.4. The third-order valence-corrected chi connectivity index (χ3v) is 7.27.